The van der Waals surface area contributed by atoms with Crippen LogP contribution in [-0.4, -0.2) is 21.1 Å². The second kappa shape index (κ2) is 5.07. The molecule has 0 N–H and O–H groups in total. The standard InChI is InChI=1S/C16H13N3OS2/c1-9-10(2)22-14-13(9)15(20)19-16(17-14)21-8-12(18-19)11-6-4-3-5-7-11/h3-7H,8H2,1-2H3. The Labute approximate surface area is 135 Å². The molecule has 4 nitrogen and oxygen atoms in total. The summed E-state index contributed by atoms with van der Waals surface area (Å²) >= 11 is 3.14. The Morgan fingerprint density at radius 2 is 1.95 bits per heavy atom. The van der Waals surface area contributed by atoms with Crippen molar-refractivity contribution in [2.24, 2.45) is 5.10 Å². The molecule has 1 aliphatic rings. The first-order valence-corrected chi connectivity index (χ1v) is 8.74. The fourth-order valence-corrected chi connectivity index (χ4v) is 4.47. The number of hydrogen-bond donors (Lipinski definition) is 0. The van der Waals surface area contributed by atoms with Crippen molar-refractivity contribution in [2.45, 2.75) is 19.0 Å². The molecule has 0 aliphatic carbocycles. The lowest BCUT2D eigenvalue weighted by atomic mass is 10.1. The maximum atomic E-state index is 12.8. The van der Waals surface area contributed by atoms with Gasteiger partial charge in [0.2, 0.25) is 0 Å². The SMILES string of the molecule is Cc1sc2nc3n(c(=O)c2c1C)N=C(c1ccccc1)CS3. The number of aryl methyl sites for hydroxylation is 2. The minimum Gasteiger partial charge on any atom is -0.267 e. The molecule has 0 fully saturated rings. The molecule has 3 aromatic rings. The molecule has 1 aliphatic heterocycles. The molecular formula is C16H13N3OS2. The molecule has 3 heterocycles. The molecule has 0 unspecified atom stereocenters. The summed E-state index contributed by atoms with van der Waals surface area (Å²) in [5.41, 5.74) is 2.90. The third kappa shape index (κ3) is 2.02. The predicted molar refractivity (Wildman–Crippen MR) is 92.5 cm³/mol. The Kier molecular flexibility index (Phi) is 3.16. The van der Waals surface area contributed by atoms with Crippen LogP contribution in [0.1, 0.15) is 16.0 Å². The van der Waals surface area contributed by atoms with Crippen LogP contribution in [0, 0.1) is 13.8 Å². The monoisotopic (exact) mass is 327 g/mol. The highest BCUT2D eigenvalue weighted by Crippen LogP contribution is 2.30. The van der Waals surface area contributed by atoms with Gasteiger partial charge in [-0.15, -0.1) is 11.3 Å². The molecule has 4 rings (SSSR count). The van der Waals surface area contributed by atoms with Crippen LogP contribution in [0.15, 0.2) is 45.4 Å². The number of benzene rings is 1. The van der Waals surface area contributed by atoms with Gasteiger partial charge in [-0.05, 0) is 25.0 Å². The molecule has 0 spiro atoms. The number of nitrogens with zero attached hydrogens (tertiary/aromatic N) is 3. The van der Waals surface area contributed by atoms with Gasteiger partial charge in [-0.2, -0.15) is 9.78 Å². The average molecular weight is 327 g/mol. The van der Waals surface area contributed by atoms with Crippen molar-refractivity contribution in [3.63, 3.8) is 0 Å². The van der Waals surface area contributed by atoms with Gasteiger partial charge in [-0.3, -0.25) is 4.79 Å². The smallest absolute Gasteiger partial charge is 0.267 e. The van der Waals surface area contributed by atoms with Crippen LogP contribution in [0.5, 0.6) is 0 Å². The van der Waals surface area contributed by atoms with Gasteiger partial charge in [0.15, 0.2) is 5.16 Å². The van der Waals surface area contributed by atoms with Crippen molar-refractivity contribution >= 4 is 39.0 Å². The molecule has 2 aromatic heterocycles. The van der Waals surface area contributed by atoms with Gasteiger partial charge >= 0.3 is 0 Å². The van der Waals surface area contributed by atoms with Gasteiger partial charge in [-0.1, -0.05) is 42.1 Å². The van der Waals surface area contributed by atoms with Crippen molar-refractivity contribution in [3.05, 3.63) is 56.7 Å². The van der Waals surface area contributed by atoms with Crippen molar-refractivity contribution in [1.82, 2.24) is 9.66 Å². The van der Waals surface area contributed by atoms with Crippen molar-refractivity contribution in [2.75, 3.05) is 5.75 Å². The zero-order valence-corrected chi connectivity index (χ0v) is 13.8. The third-order valence-electron chi connectivity index (χ3n) is 3.82. The van der Waals surface area contributed by atoms with Crippen LogP contribution < -0.4 is 5.56 Å². The Bertz CT molecular complexity index is 970. The Hall–Kier alpha value is -1.92. The molecule has 110 valence electrons. The summed E-state index contributed by atoms with van der Waals surface area (Å²) in [5, 5.41) is 5.94. The summed E-state index contributed by atoms with van der Waals surface area (Å²) in [7, 11) is 0. The molecule has 1 aromatic carbocycles. The van der Waals surface area contributed by atoms with E-state index in [-0.39, 0.29) is 5.56 Å². The average Bonchev–Trinajstić information content (AvgIpc) is 2.83. The van der Waals surface area contributed by atoms with Gasteiger partial charge in [0.25, 0.3) is 5.56 Å². The quantitative estimate of drug-likeness (QED) is 0.643. The topological polar surface area (TPSA) is 47.2 Å². The highest BCUT2D eigenvalue weighted by Gasteiger charge is 2.21. The number of thiophene rings is 1. The summed E-state index contributed by atoms with van der Waals surface area (Å²) < 4.78 is 1.46. The van der Waals surface area contributed by atoms with Crippen molar-refractivity contribution in [3.8, 4) is 0 Å². The molecular weight excluding hydrogens is 314 g/mol. The Balaban J connectivity index is 1.97. The van der Waals surface area contributed by atoms with Crippen LogP contribution in [0.3, 0.4) is 0 Å². The number of hydrogen-bond acceptors (Lipinski definition) is 5. The van der Waals surface area contributed by atoms with E-state index in [1.165, 1.54) is 4.68 Å². The Morgan fingerprint density at radius 1 is 1.18 bits per heavy atom. The van der Waals surface area contributed by atoms with Gasteiger partial charge in [0.05, 0.1) is 11.1 Å². The number of fused-ring (bicyclic) bond motifs is 2. The van der Waals surface area contributed by atoms with Crippen LogP contribution in [-0.2, 0) is 0 Å². The van der Waals surface area contributed by atoms with E-state index in [0.29, 0.717) is 10.5 Å². The second-order valence-electron chi connectivity index (χ2n) is 5.18. The third-order valence-corrected chi connectivity index (χ3v) is 5.86. The molecule has 0 radical (unpaired) electrons. The lowest BCUT2D eigenvalue weighted by Gasteiger charge is -2.15. The summed E-state index contributed by atoms with van der Waals surface area (Å²) in [6.07, 6.45) is 0. The number of aromatic nitrogens is 2. The summed E-state index contributed by atoms with van der Waals surface area (Å²) in [5.74, 6) is 0.727. The van der Waals surface area contributed by atoms with Gasteiger partial charge in [0, 0.05) is 10.6 Å². The summed E-state index contributed by atoms with van der Waals surface area (Å²) in [4.78, 5) is 19.4. The molecule has 6 heteroatoms. The molecule has 22 heavy (non-hydrogen) atoms. The molecule has 0 amide bonds. The van der Waals surface area contributed by atoms with Gasteiger partial charge in [0.1, 0.15) is 4.83 Å². The van der Waals surface area contributed by atoms with Crippen LogP contribution in [0.2, 0.25) is 0 Å². The summed E-state index contributed by atoms with van der Waals surface area (Å²) in [6, 6.07) is 9.97. The van der Waals surface area contributed by atoms with E-state index in [4.69, 9.17) is 0 Å². The van der Waals surface area contributed by atoms with E-state index < -0.39 is 0 Å². The van der Waals surface area contributed by atoms with E-state index in [1.807, 2.05) is 44.2 Å². The van der Waals surface area contributed by atoms with Crippen LogP contribution in [0.4, 0.5) is 0 Å². The highest BCUT2D eigenvalue weighted by atomic mass is 32.2. The first-order chi connectivity index (χ1) is 10.6. The zero-order valence-electron chi connectivity index (χ0n) is 12.2. The fraction of sp³-hybridized carbons (Fsp3) is 0.188. The van der Waals surface area contributed by atoms with E-state index in [9.17, 15) is 4.79 Å². The largest absolute Gasteiger partial charge is 0.283 e. The van der Waals surface area contributed by atoms with Crippen LogP contribution in [0.25, 0.3) is 10.2 Å². The van der Waals surface area contributed by atoms with Gasteiger partial charge in [-0.25, -0.2) is 4.98 Å². The molecule has 0 bridgehead atoms. The zero-order chi connectivity index (χ0) is 15.3. The fourth-order valence-electron chi connectivity index (χ4n) is 2.50. The van der Waals surface area contributed by atoms with E-state index in [0.717, 1.165) is 32.3 Å². The van der Waals surface area contributed by atoms with E-state index in [1.54, 1.807) is 23.1 Å². The first kappa shape index (κ1) is 13.7. The van der Waals surface area contributed by atoms with Crippen molar-refractivity contribution in [1.29, 1.82) is 0 Å². The minimum atomic E-state index is -0.0671. The summed E-state index contributed by atoms with van der Waals surface area (Å²) in [6.45, 7) is 4.00. The normalized spacial score (nSPS) is 14.0. The highest BCUT2D eigenvalue weighted by molar-refractivity contribution is 7.99. The van der Waals surface area contributed by atoms with Crippen LogP contribution >= 0.6 is 23.1 Å². The lowest BCUT2D eigenvalue weighted by Crippen LogP contribution is -2.25. The minimum absolute atomic E-state index is 0.0671. The van der Waals surface area contributed by atoms with E-state index >= 15 is 0 Å². The van der Waals surface area contributed by atoms with E-state index in [2.05, 4.69) is 10.1 Å². The molecule has 0 atom stereocenters. The predicted octanol–water partition coefficient (Wildman–Crippen LogP) is 3.43. The number of rotatable bonds is 1. The lowest BCUT2D eigenvalue weighted by molar-refractivity contribution is 0.700. The Morgan fingerprint density at radius 3 is 2.73 bits per heavy atom. The molecule has 0 saturated carbocycles. The van der Waals surface area contributed by atoms with Gasteiger partial charge < -0.3 is 0 Å². The first-order valence-electron chi connectivity index (χ1n) is 6.94. The molecule has 0 saturated heterocycles. The van der Waals surface area contributed by atoms with Crippen molar-refractivity contribution < 1.29 is 0 Å². The number of thioether (sulfide) groups is 1. The maximum Gasteiger partial charge on any atom is 0.283 e. The maximum absolute atomic E-state index is 12.8. The second-order valence-corrected chi connectivity index (χ2v) is 7.32.